The van der Waals surface area contributed by atoms with Crippen LogP contribution < -0.4 is 0 Å². The van der Waals surface area contributed by atoms with Crippen molar-refractivity contribution in [1.29, 1.82) is 0 Å². The molecule has 0 fully saturated rings. The highest BCUT2D eigenvalue weighted by Gasteiger charge is 2.18. The molecule has 31 heavy (non-hydrogen) atoms. The normalized spacial score (nSPS) is 12.3. The van der Waals surface area contributed by atoms with Gasteiger partial charge in [-0.1, -0.05) is 67.1 Å². The molecule has 2 heterocycles. The summed E-state index contributed by atoms with van der Waals surface area (Å²) in [6, 6.07) is 16.0. The molecule has 9 heteroatoms. The maximum atomic E-state index is 10.1. The molecular weight excluding hydrogens is 416 g/mol. The maximum absolute atomic E-state index is 10.1. The monoisotopic (exact) mass is 438 g/mol. The van der Waals surface area contributed by atoms with Gasteiger partial charge in [-0.25, -0.2) is 4.98 Å². The van der Waals surface area contributed by atoms with E-state index in [0.717, 1.165) is 22.3 Å². The van der Waals surface area contributed by atoms with Crippen LogP contribution in [0.1, 0.15) is 30.4 Å². The van der Waals surface area contributed by atoms with Crippen molar-refractivity contribution in [3.8, 4) is 22.5 Å². The highest BCUT2D eigenvalue weighted by Crippen LogP contribution is 2.30. The van der Waals surface area contributed by atoms with Gasteiger partial charge in [-0.05, 0) is 28.3 Å². The van der Waals surface area contributed by atoms with Gasteiger partial charge in [-0.15, -0.1) is 10.2 Å². The number of tetrazole rings is 1. The molecule has 1 atom stereocenters. The van der Waals surface area contributed by atoms with E-state index in [4.69, 9.17) is 11.6 Å². The zero-order valence-electron chi connectivity index (χ0n) is 17.0. The zero-order chi connectivity index (χ0) is 21.8. The van der Waals surface area contributed by atoms with Crippen molar-refractivity contribution in [2.75, 3.05) is 0 Å². The largest absolute Gasteiger partial charge is 0.393 e. The first kappa shape index (κ1) is 21.2. The number of hydrogen-bond donors (Lipinski definition) is 3. The van der Waals surface area contributed by atoms with E-state index in [1.165, 1.54) is 0 Å². The molecule has 160 valence electrons. The fourth-order valence-electron chi connectivity index (χ4n) is 3.53. The van der Waals surface area contributed by atoms with E-state index in [1.54, 1.807) is 0 Å². The van der Waals surface area contributed by atoms with Gasteiger partial charge in [0.2, 0.25) is 5.82 Å². The summed E-state index contributed by atoms with van der Waals surface area (Å²) in [5.41, 5.74) is 4.49. The van der Waals surface area contributed by atoms with Crippen molar-refractivity contribution < 1.29 is 10.2 Å². The second kappa shape index (κ2) is 9.38. The lowest BCUT2D eigenvalue weighted by molar-refractivity contribution is 0.167. The summed E-state index contributed by atoms with van der Waals surface area (Å²) in [4.78, 5) is 4.36. The van der Waals surface area contributed by atoms with Crippen LogP contribution >= 0.6 is 11.6 Å². The predicted octanol–water partition coefficient (Wildman–Crippen LogP) is 3.24. The van der Waals surface area contributed by atoms with E-state index in [-0.39, 0.29) is 11.8 Å². The third kappa shape index (κ3) is 4.51. The van der Waals surface area contributed by atoms with Crippen LogP contribution in [0.3, 0.4) is 0 Å². The van der Waals surface area contributed by atoms with Crippen LogP contribution in [0.25, 0.3) is 22.5 Å². The smallest absolute Gasteiger partial charge is 0.205 e. The average molecular weight is 439 g/mol. The van der Waals surface area contributed by atoms with E-state index >= 15 is 0 Å². The van der Waals surface area contributed by atoms with Crippen LogP contribution in [0.5, 0.6) is 0 Å². The molecule has 0 amide bonds. The van der Waals surface area contributed by atoms with Crippen LogP contribution in [-0.4, -0.2) is 46.5 Å². The van der Waals surface area contributed by atoms with Gasteiger partial charge in [0.25, 0.3) is 0 Å². The molecule has 2 aromatic heterocycles. The van der Waals surface area contributed by atoms with Gasteiger partial charge in [0.05, 0.1) is 18.4 Å². The quantitative estimate of drug-likeness (QED) is 0.389. The van der Waals surface area contributed by atoms with Crippen LogP contribution in [0.2, 0.25) is 5.15 Å². The summed E-state index contributed by atoms with van der Waals surface area (Å²) in [7, 11) is 0. The van der Waals surface area contributed by atoms with Gasteiger partial charge in [0.15, 0.2) is 5.15 Å². The Hall–Kier alpha value is -3.07. The van der Waals surface area contributed by atoms with E-state index < -0.39 is 6.10 Å². The number of halogens is 1. The van der Waals surface area contributed by atoms with E-state index in [0.29, 0.717) is 36.7 Å². The van der Waals surface area contributed by atoms with Crippen LogP contribution in [0, 0.1) is 0 Å². The molecule has 4 aromatic rings. The Morgan fingerprint density at radius 3 is 2.48 bits per heavy atom. The molecule has 0 aliphatic carbocycles. The number of hydrogen-bond acceptors (Lipinski definition) is 6. The molecule has 2 aromatic carbocycles. The first-order valence-electron chi connectivity index (χ1n) is 10.1. The molecule has 0 saturated carbocycles. The predicted molar refractivity (Wildman–Crippen MR) is 117 cm³/mol. The van der Waals surface area contributed by atoms with E-state index in [2.05, 4.69) is 25.6 Å². The summed E-state index contributed by atoms with van der Waals surface area (Å²) in [6.07, 6.45) is 0.493. The minimum atomic E-state index is -0.507. The minimum absolute atomic E-state index is 0.218. The molecule has 0 bridgehead atoms. The standard InChI is InChI=1S/C22H23ClN6O2/c1-2-16(31)11-20-24-21(23)19(13-30)29(20)12-14-7-9-15(10-8-14)17-5-3-4-6-18(17)22-25-27-28-26-22/h3-10,16,30-31H,2,11-13H2,1H3,(H,25,26,27,28). The highest BCUT2D eigenvalue weighted by atomic mass is 35.5. The van der Waals surface area contributed by atoms with Crippen molar-refractivity contribution in [1.82, 2.24) is 30.2 Å². The zero-order valence-corrected chi connectivity index (χ0v) is 17.8. The molecule has 0 aliphatic rings. The number of H-pyrrole nitrogens is 1. The number of imidazole rings is 1. The number of nitrogens with one attached hydrogen (secondary N) is 1. The minimum Gasteiger partial charge on any atom is -0.393 e. The second-order valence-electron chi connectivity index (χ2n) is 7.25. The fraction of sp³-hybridized carbons (Fsp3) is 0.273. The Bertz CT molecular complexity index is 1140. The lowest BCUT2D eigenvalue weighted by Gasteiger charge is -2.14. The SMILES string of the molecule is CCC(O)Cc1nc(Cl)c(CO)n1Cc1ccc(-c2ccccc2-c2nn[nH]n2)cc1. The number of benzene rings is 2. The van der Waals surface area contributed by atoms with Crippen molar-refractivity contribution in [2.45, 2.75) is 39.0 Å². The number of nitrogens with zero attached hydrogens (tertiary/aromatic N) is 5. The molecule has 4 rings (SSSR count). The first-order chi connectivity index (χ1) is 15.1. The van der Waals surface area contributed by atoms with Gasteiger partial charge >= 0.3 is 0 Å². The van der Waals surface area contributed by atoms with E-state index in [9.17, 15) is 10.2 Å². The molecule has 3 N–H and O–H groups in total. The van der Waals surface area contributed by atoms with Crippen molar-refractivity contribution in [2.24, 2.45) is 0 Å². The first-order valence-corrected chi connectivity index (χ1v) is 10.4. The number of aliphatic hydroxyl groups excluding tert-OH is 2. The summed E-state index contributed by atoms with van der Waals surface area (Å²) in [5.74, 6) is 1.20. The number of aromatic amines is 1. The van der Waals surface area contributed by atoms with Crippen molar-refractivity contribution >= 4 is 11.6 Å². The van der Waals surface area contributed by atoms with E-state index in [1.807, 2.05) is 60.0 Å². The lowest BCUT2D eigenvalue weighted by Crippen LogP contribution is -2.15. The third-order valence-corrected chi connectivity index (χ3v) is 5.56. The Balaban J connectivity index is 1.63. The second-order valence-corrected chi connectivity index (χ2v) is 7.61. The van der Waals surface area contributed by atoms with Crippen molar-refractivity contribution in [3.05, 3.63) is 70.8 Å². The van der Waals surface area contributed by atoms with Crippen LogP contribution in [0.15, 0.2) is 48.5 Å². The molecular formula is C22H23ClN6O2. The summed E-state index contributed by atoms with van der Waals surface area (Å²) < 4.78 is 1.88. The molecule has 0 spiro atoms. The molecule has 1 unspecified atom stereocenters. The summed E-state index contributed by atoms with van der Waals surface area (Å²) >= 11 is 6.22. The molecule has 8 nitrogen and oxygen atoms in total. The van der Waals surface area contributed by atoms with Crippen molar-refractivity contribution in [3.63, 3.8) is 0 Å². The Kier molecular flexibility index (Phi) is 6.41. The number of aromatic nitrogens is 6. The van der Waals surface area contributed by atoms with Gasteiger partial charge in [-0.3, -0.25) is 0 Å². The van der Waals surface area contributed by atoms with Gasteiger partial charge < -0.3 is 14.8 Å². The van der Waals surface area contributed by atoms with Crippen LogP contribution in [0.4, 0.5) is 0 Å². The topological polar surface area (TPSA) is 113 Å². The van der Waals surface area contributed by atoms with Gasteiger partial charge in [0, 0.05) is 18.5 Å². The Morgan fingerprint density at radius 1 is 1.10 bits per heavy atom. The van der Waals surface area contributed by atoms with Gasteiger partial charge in [-0.2, -0.15) is 5.21 Å². The molecule has 0 radical (unpaired) electrons. The summed E-state index contributed by atoms with van der Waals surface area (Å²) in [5, 5.41) is 34.4. The Labute approximate surface area is 184 Å². The average Bonchev–Trinajstić information content (AvgIpc) is 3.42. The fourth-order valence-corrected chi connectivity index (χ4v) is 3.79. The molecule has 0 aliphatic heterocycles. The molecule has 0 saturated heterocycles. The lowest BCUT2D eigenvalue weighted by atomic mass is 9.98. The Morgan fingerprint density at radius 2 is 1.84 bits per heavy atom. The third-order valence-electron chi connectivity index (χ3n) is 5.26. The highest BCUT2D eigenvalue weighted by molar-refractivity contribution is 6.30. The van der Waals surface area contributed by atoms with Gasteiger partial charge in [0.1, 0.15) is 5.82 Å². The maximum Gasteiger partial charge on any atom is 0.205 e. The number of aliphatic hydroxyl groups is 2. The van der Waals surface area contributed by atoms with Crippen LogP contribution in [-0.2, 0) is 19.6 Å². The summed E-state index contributed by atoms with van der Waals surface area (Å²) in [6.45, 7) is 2.19. The number of rotatable bonds is 8.